The predicted octanol–water partition coefficient (Wildman–Crippen LogP) is 2.81. The lowest BCUT2D eigenvalue weighted by molar-refractivity contribution is 0.122. The second kappa shape index (κ2) is 11.0. The van der Waals surface area contributed by atoms with Crippen LogP contribution in [0.2, 0.25) is 0 Å². The van der Waals surface area contributed by atoms with Crippen molar-refractivity contribution in [3.05, 3.63) is 36.8 Å². The Morgan fingerprint density at radius 3 is 2.46 bits per heavy atom. The molecule has 1 aliphatic carbocycles. The minimum absolute atomic E-state index is 0.162. The predicted molar refractivity (Wildman–Crippen MR) is 145 cm³/mol. The number of ether oxygens (including phenoxy) is 2. The zero-order valence-electron chi connectivity index (χ0n) is 21.6. The molecule has 0 bridgehead atoms. The van der Waals surface area contributed by atoms with Crippen LogP contribution in [-0.4, -0.2) is 96.5 Å². The maximum atomic E-state index is 6.58. The van der Waals surface area contributed by atoms with Crippen molar-refractivity contribution in [3.8, 4) is 5.75 Å². The van der Waals surface area contributed by atoms with Gasteiger partial charge in [0, 0.05) is 75.7 Å². The Bertz CT molecular complexity index is 1190. The molecular formula is C27H36N8O2. The van der Waals surface area contributed by atoms with E-state index in [2.05, 4.69) is 54.1 Å². The Labute approximate surface area is 218 Å². The Morgan fingerprint density at radius 1 is 0.865 bits per heavy atom. The normalized spacial score (nSPS) is 23.3. The largest absolute Gasteiger partial charge is 0.488 e. The van der Waals surface area contributed by atoms with Gasteiger partial charge in [0.1, 0.15) is 17.1 Å². The third-order valence-corrected chi connectivity index (χ3v) is 7.65. The minimum Gasteiger partial charge on any atom is -0.488 e. The third kappa shape index (κ3) is 5.70. The van der Waals surface area contributed by atoms with Crippen molar-refractivity contribution >= 4 is 28.5 Å². The van der Waals surface area contributed by atoms with E-state index in [-0.39, 0.29) is 6.10 Å². The van der Waals surface area contributed by atoms with Gasteiger partial charge >= 0.3 is 0 Å². The molecule has 3 aromatic rings. The van der Waals surface area contributed by atoms with Crippen molar-refractivity contribution in [1.29, 1.82) is 0 Å². The Morgan fingerprint density at radius 2 is 1.65 bits per heavy atom. The van der Waals surface area contributed by atoms with Crippen molar-refractivity contribution in [2.24, 2.45) is 0 Å². The molecule has 2 aromatic heterocycles. The third-order valence-electron chi connectivity index (χ3n) is 7.65. The summed E-state index contributed by atoms with van der Waals surface area (Å²) in [6.45, 7) is 7.26. The van der Waals surface area contributed by atoms with Gasteiger partial charge in [0.25, 0.3) is 0 Å². The van der Waals surface area contributed by atoms with Gasteiger partial charge in [-0.05, 0) is 44.9 Å². The van der Waals surface area contributed by atoms with E-state index in [0.717, 1.165) is 112 Å². The van der Waals surface area contributed by atoms with E-state index < -0.39 is 0 Å². The van der Waals surface area contributed by atoms with Crippen LogP contribution < -0.4 is 19.9 Å². The first-order valence-electron chi connectivity index (χ1n) is 13.5. The number of aromatic nitrogens is 4. The van der Waals surface area contributed by atoms with E-state index in [1.807, 2.05) is 12.3 Å². The second-order valence-corrected chi connectivity index (χ2v) is 10.2. The summed E-state index contributed by atoms with van der Waals surface area (Å²) in [4.78, 5) is 25.4. The highest BCUT2D eigenvalue weighted by molar-refractivity contribution is 5.85. The summed E-state index contributed by atoms with van der Waals surface area (Å²) in [6.07, 6.45) is 9.54. The summed E-state index contributed by atoms with van der Waals surface area (Å²) in [5.74, 6) is 2.56. The summed E-state index contributed by atoms with van der Waals surface area (Å²) < 4.78 is 12.1. The second-order valence-electron chi connectivity index (χ2n) is 10.2. The summed E-state index contributed by atoms with van der Waals surface area (Å²) in [6, 6.07) is 6.60. The summed E-state index contributed by atoms with van der Waals surface area (Å²) in [7, 11) is 2.16. The number of anilines is 3. The highest BCUT2D eigenvalue weighted by Crippen LogP contribution is 2.33. The summed E-state index contributed by atoms with van der Waals surface area (Å²) >= 11 is 0. The van der Waals surface area contributed by atoms with Crippen molar-refractivity contribution in [2.75, 3.05) is 74.6 Å². The first kappa shape index (κ1) is 24.1. The fraction of sp³-hybridized carbons (Fsp3) is 0.556. The Balaban J connectivity index is 1.08. The summed E-state index contributed by atoms with van der Waals surface area (Å²) in [5, 5.41) is 3.65. The minimum atomic E-state index is 0.162. The first-order valence-corrected chi connectivity index (χ1v) is 13.5. The highest BCUT2D eigenvalue weighted by Gasteiger charge is 2.25. The monoisotopic (exact) mass is 504 g/mol. The van der Waals surface area contributed by atoms with E-state index in [4.69, 9.17) is 14.5 Å². The fourth-order valence-corrected chi connectivity index (χ4v) is 5.42. The number of piperazine rings is 1. The van der Waals surface area contributed by atoms with Crippen LogP contribution in [0.1, 0.15) is 25.7 Å². The number of likely N-dealkylation sites (N-methyl/N-ethyl adjacent to an activating group) is 1. The van der Waals surface area contributed by atoms with Gasteiger partial charge < -0.3 is 29.5 Å². The van der Waals surface area contributed by atoms with E-state index in [9.17, 15) is 0 Å². The Kier molecular flexibility index (Phi) is 7.18. The molecule has 1 N–H and O–H groups in total. The molecule has 1 saturated carbocycles. The zero-order chi connectivity index (χ0) is 25.0. The van der Waals surface area contributed by atoms with Crippen LogP contribution in [0.3, 0.4) is 0 Å². The highest BCUT2D eigenvalue weighted by atomic mass is 16.5. The van der Waals surface area contributed by atoms with Crippen LogP contribution in [0, 0.1) is 0 Å². The molecule has 2 aliphatic heterocycles. The van der Waals surface area contributed by atoms with Gasteiger partial charge in [-0.3, -0.25) is 4.98 Å². The van der Waals surface area contributed by atoms with Crippen LogP contribution in [-0.2, 0) is 4.74 Å². The quantitative estimate of drug-likeness (QED) is 0.540. The molecule has 10 nitrogen and oxygen atoms in total. The van der Waals surface area contributed by atoms with E-state index in [0.29, 0.717) is 6.04 Å². The maximum absolute atomic E-state index is 6.58. The molecule has 2 saturated heterocycles. The van der Waals surface area contributed by atoms with Crippen molar-refractivity contribution in [1.82, 2.24) is 24.8 Å². The van der Waals surface area contributed by atoms with Crippen LogP contribution >= 0.6 is 0 Å². The van der Waals surface area contributed by atoms with Gasteiger partial charge in [0.2, 0.25) is 5.95 Å². The molecule has 0 radical (unpaired) electrons. The van der Waals surface area contributed by atoms with Gasteiger partial charge in [-0.1, -0.05) is 0 Å². The van der Waals surface area contributed by atoms with E-state index >= 15 is 0 Å². The van der Waals surface area contributed by atoms with Gasteiger partial charge in [-0.15, -0.1) is 0 Å². The molecule has 37 heavy (non-hydrogen) atoms. The zero-order valence-corrected chi connectivity index (χ0v) is 21.6. The average molecular weight is 505 g/mol. The molecule has 3 fully saturated rings. The smallest absolute Gasteiger partial charge is 0.227 e. The standard InChI is InChI=1S/C27H36N8O2/c1-33-10-12-35(13-11-33)27-30-7-6-25(32-27)31-20-2-4-22(5-3-20)37-24-19-21(34-14-16-36-17-15-34)18-23-26(24)29-9-8-28-23/h6-9,18-20,22H,2-5,10-17H2,1H3,(H,30,31,32). The van der Waals surface area contributed by atoms with Gasteiger partial charge in [-0.25, -0.2) is 9.97 Å². The van der Waals surface area contributed by atoms with E-state index in [1.54, 1.807) is 12.4 Å². The molecule has 6 rings (SSSR count). The van der Waals surface area contributed by atoms with E-state index in [1.165, 1.54) is 0 Å². The average Bonchev–Trinajstić information content (AvgIpc) is 2.95. The molecule has 0 amide bonds. The SMILES string of the molecule is CN1CCN(c2nccc(NC3CCC(Oc4cc(N5CCOCC5)cc5nccnc45)CC3)n2)CC1. The topological polar surface area (TPSA) is 91.8 Å². The molecule has 1 aromatic carbocycles. The molecule has 196 valence electrons. The first-order chi connectivity index (χ1) is 18.2. The van der Waals surface area contributed by atoms with Crippen LogP contribution in [0.15, 0.2) is 36.8 Å². The molecule has 4 heterocycles. The number of hydrogen-bond acceptors (Lipinski definition) is 10. The van der Waals surface area contributed by atoms with Crippen LogP contribution in [0.25, 0.3) is 11.0 Å². The molecule has 0 spiro atoms. The van der Waals surface area contributed by atoms with Crippen LogP contribution in [0.5, 0.6) is 5.75 Å². The lowest BCUT2D eigenvalue weighted by Crippen LogP contribution is -2.45. The number of fused-ring (bicyclic) bond motifs is 1. The number of nitrogens with zero attached hydrogens (tertiary/aromatic N) is 7. The fourth-order valence-electron chi connectivity index (χ4n) is 5.42. The number of nitrogens with one attached hydrogen (secondary N) is 1. The van der Waals surface area contributed by atoms with Gasteiger partial charge in [0.05, 0.1) is 24.8 Å². The summed E-state index contributed by atoms with van der Waals surface area (Å²) in [5.41, 5.74) is 2.83. The van der Waals surface area contributed by atoms with Gasteiger partial charge in [-0.2, -0.15) is 4.98 Å². The molecular weight excluding hydrogens is 468 g/mol. The lowest BCUT2D eigenvalue weighted by Gasteiger charge is -2.33. The van der Waals surface area contributed by atoms with Crippen molar-refractivity contribution in [3.63, 3.8) is 0 Å². The van der Waals surface area contributed by atoms with Crippen LogP contribution in [0.4, 0.5) is 17.5 Å². The molecule has 0 unspecified atom stereocenters. The number of hydrogen-bond donors (Lipinski definition) is 1. The number of rotatable bonds is 6. The lowest BCUT2D eigenvalue weighted by atomic mass is 9.93. The van der Waals surface area contributed by atoms with Crippen molar-refractivity contribution < 1.29 is 9.47 Å². The number of morpholine rings is 1. The maximum Gasteiger partial charge on any atom is 0.227 e. The molecule has 0 atom stereocenters. The number of benzene rings is 1. The van der Waals surface area contributed by atoms with Crippen molar-refractivity contribution in [2.45, 2.75) is 37.8 Å². The Hall–Kier alpha value is -3.24. The molecule has 3 aliphatic rings. The molecule has 10 heteroatoms. The van der Waals surface area contributed by atoms with Gasteiger partial charge in [0.15, 0.2) is 0 Å².